The molecule has 4 rings (SSSR count). The first-order chi connectivity index (χ1) is 11.6. The molecule has 1 aliphatic rings. The van der Waals surface area contributed by atoms with E-state index in [1.807, 2.05) is 24.3 Å². The predicted octanol–water partition coefficient (Wildman–Crippen LogP) is 3.24. The molecule has 0 radical (unpaired) electrons. The third kappa shape index (κ3) is 2.72. The number of H-pyrrole nitrogens is 1. The lowest BCUT2D eigenvalue weighted by molar-refractivity contribution is 0.0931. The van der Waals surface area contributed by atoms with Crippen LogP contribution in [0.15, 0.2) is 46.9 Å². The maximum atomic E-state index is 12.4. The van der Waals surface area contributed by atoms with Crippen molar-refractivity contribution in [3.8, 4) is 0 Å². The summed E-state index contributed by atoms with van der Waals surface area (Å²) in [6.45, 7) is 1.47. The van der Waals surface area contributed by atoms with Gasteiger partial charge in [-0.2, -0.15) is 0 Å². The molecule has 1 aromatic heterocycles. The van der Waals surface area contributed by atoms with Crippen LogP contribution < -0.4 is 5.32 Å². The molecule has 1 unspecified atom stereocenters. The molecule has 2 heterocycles. The number of fused-ring (bicyclic) bond motifs is 2. The first kappa shape index (κ1) is 15.4. The van der Waals surface area contributed by atoms with Gasteiger partial charge in [-0.05, 0) is 36.4 Å². The topological polar surface area (TPSA) is 61.0 Å². The van der Waals surface area contributed by atoms with E-state index in [9.17, 15) is 4.79 Å². The molecule has 0 saturated heterocycles. The second kappa shape index (κ2) is 6.03. The number of nitrogens with zero attached hydrogens (tertiary/aromatic N) is 2. The van der Waals surface area contributed by atoms with Crippen molar-refractivity contribution in [1.82, 2.24) is 20.2 Å². The second-order valence-electron chi connectivity index (χ2n) is 6.09. The molecule has 1 aliphatic heterocycles. The number of hydrogen-bond donors (Lipinski definition) is 2. The number of benzene rings is 2. The Morgan fingerprint density at radius 2 is 2.21 bits per heavy atom. The number of likely N-dealkylation sites (N-methyl/N-ethyl adjacent to an activating group) is 1. The lowest BCUT2D eigenvalue weighted by Gasteiger charge is -2.20. The lowest BCUT2D eigenvalue weighted by Crippen LogP contribution is -2.33. The number of aromatic nitrogens is 2. The van der Waals surface area contributed by atoms with Crippen molar-refractivity contribution < 1.29 is 4.79 Å². The van der Waals surface area contributed by atoms with Crippen LogP contribution in [0.2, 0.25) is 0 Å². The molecule has 0 fully saturated rings. The minimum absolute atomic E-state index is 0.180. The summed E-state index contributed by atoms with van der Waals surface area (Å²) < 4.78 is 0.954. The minimum atomic E-state index is -0.180. The number of hydrogen-bond acceptors (Lipinski definition) is 3. The number of rotatable bonds is 3. The first-order valence-electron chi connectivity index (χ1n) is 7.83. The average molecular weight is 385 g/mol. The first-order valence-corrected chi connectivity index (χ1v) is 8.62. The zero-order chi connectivity index (χ0) is 16.7. The zero-order valence-corrected chi connectivity index (χ0v) is 14.8. The molecule has 24 heavy (non-hydrogen) atoms. The highest BCUT2D eigenvalue weighted by molar-refractivity contribution is 9.10. The minimum Gasteiger partial charge on any atom is -0.347 e. The van der Waals surface area contributed by atoms with Crippen molar-refractivity contribution in [3.63, 3.8) is 0 Å². The average Bonchev–Trinajstić information content (AvgIpc) is 3.12. The number of imidazole rings is 1. The van der Waals surface area contributed by atoms with Gasteiger partial charge in [0.2, 0.25) is 0 Å². The number of halogens is 1. The van der Waals surface area contributed by atoms with Gasteiger partial charge >= 0.3 is 0 Å². The lowest BCUT2D eigenvalue weighted by atomic mass is 10.1. The maximum absolute atomic E-state index is 12.4. The number of carbonyl (C=O) groups excluding carboxylic acids is 1. The fourth-order valence-corrected chi connectivity index (χ4v) is 3.61. The van der Waals surface area contributed by atoms with E-state index in [-0.39, 0.29) is 11.9 Å². The van der Waals surface area contributed by atoms with E-state index in [4.69, 9.17) is 0 Å². The Bertz CT molecular complexity index is 920. The van der Waals surface area contributed by atoms with Crippen LogP contribution in [-0.2, 0) is 6.54 Å². The quantitative estimate of drug-likeness (QED) is 0.728. The molecule has 0 spiro atoms. The van der Waals surface area contributed by atoms with Gasteiger partial charge in [0.05, 0.1) is 17.1 Å². The highest BCUT2D eigenvalue weighted by Gasteiger charge is 2.27. The van der Waals surface area contributed by atoms with E-state index in [0.717, 1.165) is 22.1 Å². The molecule has 1 atom stereocenters. The molecule has 2 aromatic carbocycles. The third-order valence-electron chi connectivity index (χ3n) is 4.48. The Morgan fingerprint density at radius 1 is 1.38 bits per heavy atom. The van der Waals surface area contributed by atoms with Crippen LogP contribution >= 0.6 is 15.9 Å². The van der Waals surface area contributed by atoms with Crippen molar-refractivity contribution in [3.05, 3.63) is 63.9 Å². The molecule has 122 valence electrons. The highest BCUT2D eigenvalue weighted by atomic mass is 79.9. The largest absolute Gasteiger partial charge is 0.347 e. The van der Waals surface area contributed by atoms with E-state index in [2.05, 4.69) is 61.4 Å². The Balaban J connectivity index is 1.50. The number of nitrogens with one attached hydrogen (secondary N) is 2. The molecule has 0 aliphatic carbocycles. The molecule has 5 nitrogen and oxygen atoms in total. The van der Waals surface area contributed by atoms with Gasteiger partial charge in [0.15, 0.2) is 5.82 Å². The van der Waals surface area contributed by atoms with E-state index in [0.29, 0.717) is 12.4 Å². The summed E-state index contributed by atoms with van der Waals surface area (Å²) >= 11 is 3.42. The summed E-state index contributed by atoms with van der Waals surface area (Å²) in [5.41, 5.74) is 4.24. The van der Waals surface area contributed by atoms with Crippen molar-refractivity contribution >= 4 is 32.9 Å². The number of amides is 1. The third-order valence-corrected chi connectivity index (χ3v) is 4.97. The zero-order valence-electron chi connectivity index (χ0n) is 13.2. The van der Waals surface area contributed by atoms with Crippen LogP contribution in [0.3, 0.4) is 0 Å². The Kier molecular flexibility index (Phi) is 3.86. The maximum Gasteiger partial charge on any atom is 0.287 e. The van der Waals surface area contributed by atoms with Gasteiger partial charge in [0.25, 0.3) is 5.91 Å². The van der Waals surface area contributed by atoms with E-state index in [1.165, 1.54) is 11.1 Å². The highest BCUT2D eigenvalue weighted by Crippen LogP contribution is 2.31. The van der Waals surface area contributed by atoms with Crippen molar-refractivity contribution in [1.29, 1.82) is 0 Å². The van der Waals surface area contributed by atoms with E-state index < -0.39 is 0 Å². The Labute approximate surface area is 148 Å². The van der Waals surface area contributed by atoms with Crippen LogP contribution in [0, 0.1) is 0 Å². The van der Waals surface area contributed by atoms with Crippen molar-refractivity contribution in [2.45, 2.75) is 12.6 Å². The molecule has 0 saturated carbocycles. The summed E-state index contributed by atoms with van der Waals surface area (Å²) in [7, 11) is 2.08. The van der Waals surface area contributed by atoms with Gasteiger partial charge in [-0.15, -0.1) is 0 Å². The van der Waals surface area contributed by atoms with Crippen LogP contribution in [0.1, 0.15) is 27.8 Å². The van der Waals surface area contributed by atoms with Gasteiger partial charge in [-0.25, -0.2) is 4.98 Å². The van der Waals surface area contributed by atoms with Gasteiger partial charge in [0.1, 0.15) is 0 Å². The van der Waals surface area contributed by atoms with Crippen LogP contribution in [-0.4, -0.2) is 34.4 Å². The summed E-state index contributed by atoms with van der Waals surface area (Å²) in [5.74, 6) is 0.164. The molecule has 0 bridgehead atoms. The molecule has 6 heteroatoms. The SMILES string of the molecule is CN1Cc2ccccc2C1CNC(=O)c1nc2ccc(Br)cc2[nH]1. The Morgan fingerprint density at radius 3 is 3.08 bits per heavy atom. The fraction of sp³-hybridized carbons (Fsp3) is 0.222. The van der Waals surface area contributed by atoms with Crippen LogP contribution in [0.5, 0.6) is 0 Å². The smallest absolute Gasteiger partial charge is 0.287 e. The summed E-state index contributed by atoms with van der Waals surface area (Å²) in [6, 6.07) is 14.3. The van der Waals surface area contributed by atoms with Crippen LogP contribution in [0.4, 0.5) is 0 Å². The normalized spacial score (nSPS) is 17.2. The van der Waals surface area contributed by atoms with Crippen molar-refractivity contribution in [2.24, 2.45) is 0 Å². The predicted molar refractivity (Wildman–Crippen MR) is 96.8 cm³/mol. The standard InChI is InChI=1S/C18H17BrN4O/c1-23-10-11-4-2-3-5-13(11)16(23)9-20-18(24)17-21-14-7-6-12(19)8-15(14)22-17/h2-8,16H,9-10H2,1H3,(H,20,24)(H,21,22). The van der Waals surface area contributed by atoms with Gasteiger partial charge in [-0.1, -0.05) is 40.2 Å². The molecule has 1 amide bonds. The number of carbonyl (C=O) groups is 1. The van der Waals surface area contributed by atoms with Crippen molar-refractivity contribution in [2.75, 3.05) is 13.6 Å². The molecule has 2 N–H and O–H groups in total. The van der Waals surface area contributed by atoms with Gasteiger partial charge in [0, 0.05) is 17.6 Å². The van der Waals surface area contributed by atoms with Gasteiger partial charge < -0.3 is 10.3 Å². The summed E-state index contributed by atoms with van der Waals surface area (Å²) in [4.78, 5) is 22.1. The van der Waals surface area contributed by atoms with Gasteiger partial charge in [-0.3, -0.25) is 9.69 Å². The number of aromatic amines is 1. The monoisotopic (exact) mass is 384 g/mol. The van der Waals surface area contributed by atoms with E-state index in [1.54, 1.807) is 0 Å². The molecular weight excluding hydrogens is 368 g/mol. The summed E-state index contributed by atoms with van der Waals surface area (Å²) in [5, 5.41) is 3.00. The Hall–Kier alpha value is -2.18. The fourth-order valence-electron chi connectivity index (χ4n) is 3.25. The summed E-state index contributed by atoms with van der Waals surface area (Å²) in [6.07, 6.45) is 0. The molecular formula is C18H17BrN4O. The van der Waals surface area contributed by atoms with Crippen LogP contribution in [0.25, 0.3) is 11.0 Å². The molecule has 3 aromatic rings. The second-order valence-corrected chi connectivity index (χ2v) is 7.00. The van der Waals surface area contributed by atoms with E-state index >= 15 is 0 Å².